The molecule has 0 amide bonds. The molecule has 0 saturated heterocycles. The highest BCUT2D eigenvalue weighted by Gasteiger charge is 2.40. The maximum atomic E-state index is 14.0. The number of esters is 1. The predicted octanol–water partition coefficient (Wildman–Crippen LogP) is 2.13. The normalized spacial score (nSPS) is 19.3. The van der Waals surface area contributed by atoms with Crippen molar-refractivity contribution in [3.63, 3.8) is 0 Å². The average Bonchev–Trinajstić information content (AvgIpc) is 3.19. The van der Waals surface area contributed by atoms with Gasteiger partial charge in [0.15, 0.2) is 17.6 Å². The largest absolute Gasteiger partial charge is 0.506 e. The molecule has 4 N–H and O–H groups in total. The minimum Gasteiger partial charge on any atom is -0.506 e. The van der Waals surface area contributed by atoms with Crippen molar-refractivity contribution in [2.45, 2.75) is 39.1 Å². The molecule has 40 heavy (non-hydrogen) atoms. The van der Waals surface area contributed by atoms with Gasteiger partial charge in [-0.2, -0.15) is 14.9 Å². The SMILES string of the molecule is CC(C)COC(=O)[C@H](C)NP(=O)(OCC1=C(O)C(O)[C@H](n2ncc(=O)[nH]c2=O)O1)Oc1cccc2ccccc12. The van der Waals surface area contributed by atoms with Crippen molar-refractivity contribution in [3.05, 3.63) is 81.0 Å². The van der Waals surface area contributed by atoms with Gasteiger partial charge in [-0.05, 0) is 24.3 Å². The average molecular weight is 576 g/mol. The van der Waals surface area contributed by atoms with Gasteiger partial charge in [-0.15, -0.1) is 0 Å². The lowest BCUT2D eigenvalue weighted by Crippen LogP contribution is -2.38. The number of hydrogen-bond acceptors (Lipinski definition) is 11. The van der Waals surface area contributed by atoms with Crippen LogP contribution in [0.4, 0.5) is 0 Å². The van der Waals surface area contributed by atoms with Gasteiger partial charge in [0.1, 0.15) is 24.6 Å². The first kappa shape index (κ1) is 29.0. The molecule has 2 aromatic carbocycles. The van der Waals surface area contributed by atoms with Gasteiger partial charge in [0.05, 0.1) is 6.61 Å². The van der Waals surface area contributed by atoms with Crippen LogP contribution in [0.1, 0.15) is 27.0 Å². The first-order valence-electron chi connectivity index (χ1n) is 12.3. The number of aliphatic hydroxyl groups excluding tert-OH is 2. The molecule has 1 aliphatic heterocycles. The van der Waals surface area contributed by atoms with E-state index in [9.17, 15) is 29.2 Å². The molecular formula is C25H29N4O10P. The second kappa shape index (κ2) is 12.0. The van der Waals surface area contributed by atoms with Crippen LogP contribution in [0.25, 0.3) is 10.8 Å². The Morgan fingerprint density at radius 1 is 1.20 bits per heavy atom. The fourth-order valence-electron chi connectivity index (χ4n) is 3.71. The van der Waals surface area contributed by atoms with Gasteiger partial charge in [-0.3, -0.25) is 19.1 Å². The number of fused-ring (bicyclic) bond motifs is 1. The molecule has 4 atom stereocenters. The van der Waals surface area contributed by atoms with E-state index in [4.69, 9.17) is 18.5 Å². The van der Waals surface area contributed by atoms with E-state index in [0.717, 1.165) is 11.6 Å². The Labute approximate surface area is 227 Å². The van der Waals surface area contributed by atoms with Crippen LogP contribution in [0.3, 0.4) is 0 Å². The van der Waals surface area contributed by atoms with E-state index in [1.54, 1.807) is 24.3 Å². The lowest BCUT2D eigenvalue weighted by Gasteiger charge is -2.24. The Morgan fingerprint density at radius 2 is 1.93 bits per heavy atom. The highest BCUT2D eigenvalue weighted by molar-refractivity contribution is 7.52. The van der Waals surface area contributed by atoms with Crippen molar-refractivity contribution < 1.29 is 38.1 Å². The summed E-state index contributed by atoms with van der Waals surface area (Å²) in [6.45, 7) is 4.58. The van der Waals surface area contributed by atoms with E-state index < -0.39 is 55.7 Å². The summed E-state index contributed by atoms with van der Waals surface area (Å²) in [4.78, 5) is 37.9. The molecule has 2 unspecified atom stereocenters. The van der Waals surface area contributed by atoms with Gasteiger partial charge in [0.2, 0.25) is 6.23 Å². The van der Waals surface area contributed by atoms with Gasteiger partial charge < -0.3 is 24.2 Å². The monoisotopic (exact) mass is 576 g/mol. The van der Waals surface area contributed by atoms with Gasteiger partial charge in [0, 0.05) is 5.39 Å². The van der Waals surface area contributed by atoms with Crippen LogP contribution in [0.15, 0.2) is 69.8 Å². The summed E-state index contributed by atoms with van der Waals surface area (Å²) in [7, 11) is -4.40. The third kappa shape index (κ3) is 6.59. The van der Waals surface area contributed by atoms with Crippen LogP contribution in [0.5, 0.6) is 5.75 Å². The highest BCUT2D eigenvalue weighted by atomic mass is 31.2. The summed E-state index contributed by atoms with van der Waals surface area (Å²) in [6, 6.07) is 11.1. The van der Waals surface area contributed by atoms with Crippen molar-refractivity contribution >= 4 is 24.5 Å². The molecule has 1 aromatic heterocycles. The topological polar surface area (TPSA) is 191 Å². The third-order valence-corrected chi connectivity index (χ3v) is 7.29. The van der Waals surface area contributed by atoms with Crippen LogP contribution >= 0.6 is 7.75 Å². The molecule has 15 heteroatoms. The first-order chi connectivity index (χ1) is 19.0. The quantitative estimate of drug-likeness (QED) is 0.192. The molecule has 214 valence electrons. The van der Waals surface area contributed by atoms with Crippen LogP contribution in [0, 0.1) is 5.92 Å². The number of carbonyl (C=O) groups is 1. The lowest BCUT2D eigenvalue weighted by molar-refractivity contribution is -0.146. The molecule has 0 bridgehead atoms. The van der Waals surface area contributed by atoms with Crippen LogP contribution in [0.2, 0.25) is 0 Å². The van der Waals surface area contributed by atoms with Crippen molar-refractivity contribution in [3.8, 4) is 5.75 Å². The number of rotatable bonds is 11. The molecule has 0 fully saturated rings. The van der Waals surface area contributed by atoms with Crippen LogP contribution < -0.4 is 20.9 Å². The maximum absolute atomic E-state index is 14.0. The number of aromatic nitrogens is 3. The standard InChI is InChI=1S/C25H29N4O10P/c1-14(2)12-36-24(33)15(3)28-40(35,39-18-10-6-8-16-7-4-5-9-17(16)18)37-13-19-21(31)22(32)23(38-19)29-25(34)27-20(30)11-26-29/h4-11,14-15,22-23,31-32H,12-13H2,1-3H3,(H,28,35)(H,27,30,34)/t15-,22?,23+,40?/m0/s1. The zero-order valence-corrected chi connectivity index (χ0v) is 22.7. The number of nitrogens with zero attached hydrogens (tertiary/aromatic N) is 2. The Kier molecular flexibility index (Phi) is 8.74. The second-order valence-electron chi connectivity index (χ2n) is 9.36. The zero-order valence-electron chi connectivity index (χ0n) is 21.8. The van der Waals surface area contributed by atoms with Gasteiger partial charge in [-0.1, -0.05) is 50.2 Å². The fraction of sp³-hybridized carbons (Fsp3) is 0.360. The van der Waals surface area contributed by atoms with Gasteiger partial charge in [-0.25, -0.2) is 9.36 Å². The highest BCUT2D eigenvalue weighted by Crippen LogP contribution is 2.47. The molecular weight excluding hydrogens is 547 g/mol. The smallest absolute Gasteiger partial charge is 0.459 e. The molecule has 0 aliphatic carbocycles. The molecule has 0 spiro atoms. The fourth-order valence-corrected chi connectivity index (χ4v) is 5.17. The number of H-pyrrole nitrogens is 1. The predicted molar refractivity (Wildman–Crippen MR) is 141 cm³/mol. The van der Waals surface area contributed by atoms with E-state index in [2.05, 4.69) is 10.2 Å². The number of aromatic amines is 1. The van der Waals surface area contributed by atoms with E-state index >= 15 is 0 Å². The van der Waals surface area contributed by atoms with Crippen molar-refractivity contribution in [1.82, 2.24) is 19.9 Å². The second-order valence-corrected chi connectivity index (χ2v) is 11.1. The Morgan fingerprint density at radius 3 is 2.65 bits per heavy atom. The molecule has 4 rings (SSSR count). The number of aliphatic hydroxyl groups is 2. The summed E-state index contributed by atoms with van der Waals surface area (Å²) in [6.07, 6.45) is -2.51. The number of nitrogens with one attached hydrogen (secondary N) is 2. The molecule has 14 nitrogen and oxygen atoms in total. The summed E-state index contributed by atoms with van der Waals surface area (Å²) in [5, 5.41) is 28.4. The lowest BCUT2D eigenvalue weighted by atomic mass is 10.1. The summed E-state index contributed by atoms with van der Waals surface area (Å²) in [5.74, 6) is -1.53. The number of hydrogen-bond donors (Lipinski definition) is 4. The van der Waals surface area contributed by atoms with Crippen LogP contribution in [-0.4, -0.2) is 56.3 Å². The molecule has 1 aliphatic rings. The summed E-state index contributed by atoms with van der Waals surface area (Å²) in [5.41, 5.74) is -1.76. The van der Waals surface area contributed by atoms with Crippen molar-refractivity contribution in [2.24, 2.45) is 5.92 Å². The maximum Gasteiger partial charge on any atom is 0.459 e. The summed E-state index contributed by atoms with van der Waals surface area (Å²) < 4.78 is 36.6. The summed E-state index contributed by atoms with van der Waals surface area (Å²) >= 11 is 0. The number of ether oxygens (including phenoxy) is 2. The molecule has 0 saturated carbocycles. The van der Waals surface area contributed by atoms with Crippen molar-refractivity contribution in [2.75, 3.05) is 13.2 Å². The zero-order chi connectivity index (χ0) is 29.0. The Bertz CT molecular complexity index is 1580. The molecule has 3 aromatic rings. The van der Waals surface area contributed by atoms with Crippen molar-refractivity contribution in [1.29, 1.82) is 0 Å². The number of carbonyl (C=O) groups excluding carboxylic acids is 1. The van der Waals surface area contributed by atoms with Gasteiger partial charge in [0.25, 0.3) is 5.56 Å². The first-order valence-corrected chi connectivity index (χ1v) is 13.8. The minimum atomic E-state index is -4.40. The van der Waals surface area contributed by atoms with E-state index in [1.807, 2.05) is 37.0 Å². The third-order valence-electron chi connectivity index (χ3n) is 5.68. The Balaban J connectivity index is 1.57. The Hall–Kier alpha value is -3.97. The van der Waals surface area contributed by atoms with E-state index in [0.29, 0.717) is 10.1 Å². The van der Waals surface area contributed by atoms with Gasteiger partial charge >= 0.3 is 19.4 Å². The molecule has 2 heterocycles. The van der Waals surface area contributed by atoms with E-state index in [-0.39, 0.29) is 24.0 Å². The minimum absolute atomic E-state index is 0.0735. The number of benzene rings is 2. The molecule has 0 radical (unpaired) electrons. The van der Waals surface area contributed by atoms with Crippen LogP contribution in [-0.2, 0) is 23.4 Å². The van der Waals surface area contributed by atoms with E-state index in [1.165, 1.54) is 6.92 Å².